The number of nitrogens with two attached hydrogens (primary N) is 1. The van der Waals surface area contributed by atoms with Crippen LogP contribution < -0.4 is 10.5 Å². The molecular weight excluding hydrogens is 302 g/mol. The molecule has 0 aliphatic rings. The molecular formula is C12H8F6N2O. The molecule has 114 valence electrons. The van der Waals surface area contributed by atoms with Crippen molar-refractivity contribution in [2.75, 3.05) is 5.73 Å². The lowest BCUT2D eigenvalue weighted by atomic mass is 10.1. The number of rotatable bonds is 2. The fourth-order valence-electron chi connectivity index (χ4n) is 1.74. The first-order valence-electron chi connectivity index (χ1n) is 5.53. The number of anilines is 1. The Hall–Kier alpha value is -2.19. The zero-order chi connectivity index (χ0) is 15.8. The number of nitrogen functional groups attached to an aromatic ring is 1. The number of pyridine rings is 1. The van der Waals surface area contributed by atoms with Crippen LogP contribution in [0.3, 0.4) is 0 Å². The van der Waals surface area contributed by atoms with Gasteiger partial charge in [-0.25, -0.2) is 0 Å². The number of ether oxygens (including phenoxy) is 1. The summed E-state index contributed by atoms with van der Waals surface area (Å²) in [6, 6.07) is 3.49. The minimum Gasteiger partial charge on any atom is -0.471 e. The number of alkyl halides is 6. The molecule has 0 saturated carbocycles. The third kappa shape index (κ3) is 3.11. The highest BCUT2D eigenvalue weighted by Gasteiger charge is 2.59. The molecule has 0 spiro atoms. The zero-order valence-electron chi connectivity index (χ0n) is 10.2. The minimum absolute atomic E-state index is 0.0315. The molecule has 0 saturated heterocycles. The van der Waals surface area contributed by atoms with Gasteiger partial charge in [0.1, 0.15) is 5.75 Å². The second kappa shape index (κ2) is 4.97. The number of nitrogens with zero attached hydrogens (tertiary/aromatic N) is 1. The van der Waals surface area contributed by atoms with E-state index < -0.39 is 24.2 Å². The summed E-state index contributed by atoms with van der Waals surface area (Å²) >= 11 is 0. The van der Waals surface area contributed by atoms with Gasteiger partial charge in [0.05, 0.1) is 0 Å². The Labute approximate surface area is 114 Å². The Bertz CT molecular complexity index is 638. The van der Waals surface area contributed by atoms with Crippen LogP contribution in [0.5, 0.6) is 5.75 Å². The molecule has 1 aromatic carbocycles. The van der Waals surface area contributed by atoms with Crippen molar-refractivity contribution in [1.82, 2.24) is 4.98 Å². The van der Waals surface area contributed by atoms with Crippen LogP contribution in [-0.2, 0) is 0 Å². The first-order valence-corrected chi connectivity index (χ1v) is 5.53. The van der Waals surface area contributed by atoms with Gasteiger partial charge in [-0.05, 0) is 18.2 Å². The lowest BCUT2D eigenvalue weighted by Gasteiger charge is -2.24. The Morgan fingerprint density at radius 1 is 0.952 bits per heavy atom. The van der Waals surface area contributed by atoms with E-state index in [4.69, 9.17) is 5.73 Å². The van der Waals surface area contributed by atoms with Gasteiger partial charge in [-0.15, -0.1) is 0 Å². The first kappa shape index (κ1) is 15.2. The number of benzene rings is 1. The Morgan fingerprint density at radius 3 is 2.14 bits per heavy atom. The van der Waals surface area contributed by atoms with Gasteiger partial charge < -0.3 is 10.5 Å². The lowest BCUT2D eigenvalue weighted by molar-refractivity contribution is -0.299. The predicted molar refractivity (Wildman–Crippen MR) is 62.7 cm³/mol. The van der Waals surface area contributed by atoms with Crippen molar-refractivity contribution in [2.45, 2.75) is 18.5 Å². The average molecular weight is 310 g/mol. The highest BCUT2D eigenvalue weighted by Crippen LogP contribution is 2.39. The van der Waals surface area contributed by atoms with Crippen LogP contribution in [-0.4, -0.2) is 23.4 Å². The zero-order valence-corrected chi connectivity index (χ0v) is 10.2. The molecule has 0 aliphatic heterocycles. The molecule has 0 unspecified atom stereocenters. The van der Waals surface area contributed by atoms with Crippen molar-refractivity contribution in [1.29, 1.82) is 0 Å². The minimum atomic E-state index is -5.59. The molecule has 0 fully saturated rings. The van der Waals surface area contributed by atoms with Gasteiger partial charge >= 0.3 is 12.4 Å². The summed E-state index contributed by atoms with van der Waals surface area (Å²) in [6.07, 6.45) is -12.7. The summed E-state index contributed by atoms with van der Waals surface area (Å²) in [5.74, 6) is -0.591. The maximum atomic E-state index is 12.5. The number of hydrogen-bond donors (Lipinski definition) is 1. The molecule has 3 nitrogen and oxygen atoms in total. The maximum absolute atomic E-state index is 12.5. The number of fused-ring (bicyclic) bond motifs is 1. The standard InChI is InChI=1S/C12H8F6N2O/c13-11(14,15)10(12(16,17)18)21-9-2-1-8(19)6-3-4-20-5-7(6)9/h1-5,10H,19H2. The van der Waals surface area contributed by atoms with E-state index in [1.165, 1.54) is 18.3 Å². The van der Waals surface area contributed by atoms with E-state index in [0.717, 1.165) is 12.3 Å². The SMILES string of the molecule is Nc1ccc(OC(C(F)(F)F)C(F)(F)F)c2cnccc12. The van der Waals surface area contributed by atoms with Crippen molar-refractivity contribution in [3.63, 3.8) is 0 Å². The highest BCUT2D eigenvalue weighted by atomic mass is 19.4. The van der Waals surface area contributed by atoms with E-state index >= 15 is 0 Å². The molecule has 0 amide bonds. The van der Waals surface area contributed by atoms with Crippen molar-refractivity contribution in [3.8, 4) is 5.75 Å². The summed E-state index contributed by atoms with van der Waals surface area (Å²) in [6.45, 7) is 0. The summed E-state index contributed by atoms with van der Waals surface area (Å²) in [4.78, 5) is 3.65. The summed E-state index contributed by atoms with van der Waals surface area (Å²) in [5, 5.41) is 0.224. The second-order valence-corrected chi connectivity index (χ2v) is 4.16. The maximum Gasteiger partial charge on any atom is 0.434 e. The Morgan fingerprint density at radius 2 is 1.57 bits per heavy atom. The molecule has 21 heavy (non-hydrogen) atoms. The van der Waals surface area contributed by atoms with E-state index in [2.05, 4.69) is 9.72 Å². The fraction of sp³-hybridized carbons (Fsp3) is 0.250. The molecule has 2 N–H and O–H groups in total. The number of aromatic nitrogens is 1. The monoisotopic (exact) mass is 310 g/mol. The summed E-state index contributed by atoms with van der Waals surface area (Å²) in [5.41, 5.74) is 5.79. The van der Waals surface area contributed by atoms with Gasteiger partial charge in [0, 0.05) is 28.9 Å². The fourth-order valence-corrected chi connectivity index (χ4v) is 1.74. The molecule has 2 rings (SSSR count). The smallest absolute Gasteiger partial charge is 0.434 e. The van der Waals surface area contributed by atoms with Gasteiger partial charge in [-0.3, -0.25) is 4.98 Å². The number of hydrogen-bond acceptors (Lipinski definition) is 3. The highest BCUT2D eigenvalue weighted by molar-refractivity contribution is 5.96. The second-order valence-electron chi connectivity index (χ2n) is 4.16. The van der Waals surface area contributed by atoms with Gasteiger partial charge in [0.2, 0.25) is 0 Å². The molecule has 0 bridgehead atoms. The molecule has 0 atom stereocenters. The van der Waals surface area contributed by atoms with Crippen LogP contribution in [0.2, 0.25) is 0 Å². The molecule has 0 aliphatic carbocycles. The van der Waals surface area contributed by atoms with Crippen molar-refractivity contribution < 1.29 is 31.1 Å². The molecule has 9 heteroatoms. The third-order valence-electron chi connectivity index (χ3n) is 2.65. The van der Waals surface area contributed by atoms with E-state index in [0.29, 0.717) is 0 Å². The third-order valence-corrected chi connectivity index (χ3v) is 2.65. The largest absolute Gasteiger partial charge is 0.471 e. The first-order chi connectivity index (χ1) is 9.60. The van der Waals surface area contributed by atoms with E-state index in [-0.39, 0.29) is 16.5 Å². The molecule has 0 radical (unpaired) electrons. The Balaban J connectivity index is 2.50. The summed E-state index contributed by atoms with van der Waals surface area (Å²) in [7, 11) is 0. The molecule has 1 aromatic heterocycles. The van der Waals surface area contributed by atoms with E-state index in [1.54, 1.807) is 0 Å². The van der Waals surface area contributed by atoms with Crippen molar-refractivity contribution >= 4 is 16.5 Å². The van der Waals surface area contributed by atoms with Crippen molar-refractivity contribution in [3.05, 3.63) is 30.6 Å². The van der Waals surface area contributed by atoms with Crippen LogP contribution in [0, 0.1) is 0 Å². The summed E-state index contributed by atoms with van der Waals surface area (Å²) < 4.78 is 79.1. The Kier molecular flexibility index (Phi) is 3.60. The van der Waals surface area contributed by atoms with Crippen LogP contribution in [0.1, 0.15) is 0 Å². The van der Waals surface area contributed by atoms with Gasteiger partial charge in [-0.2, -0.15) is 26.3 Å². The van der Waals surface area contributed by atoms with Crippen LogP contribution in [0.4, 0.5) is 32.0 Å². The van der Waals surface area contributed by atoms with Gasteiger partial charge in [0.15, 0.2) is 0 Å². The average Bonchev–Trinajstić information content (AvgIpc) is 2.35. The lowest BCUT2D eigenvalue weighted by Crippen LogP contribution is -2.46. The predicted octanol–water partition coefficient (Wildman–Crippen LogP) is 3.69. The quantitative estimate of drug-likeness (QED) is 0.680. The van der Waals surface area contributed by atoms with E-state index in [1.807, 2.05) is 0 Å². The number of halogens is 6. The molecule has 2 aromatic rings. The van der Waals surface area contributed by atoms with Crippen molar-refractivity contribution in [2.24, 2.45) is 0 Å². The van der Waals surface area contributed by atoms with Gasteiger partial charge in [-0.1, -0.05) is 0 Å². The normalized spacial score (nSPS) is 12.9. The van der Waals surface area contributed by atoms with E-state index in [9.17, 15) is 26.3 Å². The van der Waals surface area contributed by atoms with Crippen LogP contribution in [0.15, 0.2) is 30.6 Å². The topological polar surface area (TPSA) is 48.1 Å². The van der Waals surface area contributed by atoms with Crippen LogP contribution >= 0.6 is 0 Å². The molecule has 1 heterocycles. The van der Waals surface area contributed by atoms with Gasteiger partial charge in [0.25, 0.3) is 6.10 Å². The van der Waals surface area contributed by atoms with Crippen LogP contribution in [0.25, 0.3) is 10.8 Å².